The minimum Gasteiger partial charge on any atom is -0.480 e. The topological polar surface area (TPSA) is 112 Å². The number of methoxy groups -OCH3 is 1. The smallest absolute Gasteiger partial charge is 0.287 e. The van der Waals surface area contributed by atoms with Gasteiger partial charge in [0.1, 0.15) is 23.3 Å². The van der Waals surface area contributed by atoms with Crippen molar-refractivity contribution >= 4 is 23.3 Å². The summed E-state index contributed by atoms with van der Waals surface area (Å²) in [5.74, 6) is -0.397. The summed E-state index contributed by atoms with van der Waals surface area (Å²) in [5.41, 5.74) is 6.23. The maximum atomic E-state index is 14.1. The first-order chi connectivity index (χ1) is 13.5. The minimum atomic E-state index is -0.576. The minimum absolute atomic E-state index is 0.0108. The fourth-order valence-electron chi connectivity index (χ4n) is 3.00. The molecule has 1 saturated carbocycles. The summed E-state index contributed by atoms with van der Waals surface area (Å²) in [4.78, 5) is 24.2. The Balaban J connectivity index is 1.71. The zero-order valence-electron chi connectivity index (χ0n) is 15.7. The van der Waals surface area contributed by atoms with Crippen LogP contribution in [0, 0.1) is 11.7 Å². The van der Waals surface area contributed by atoms with E-state index in [2.05, 4.69) is 27.2 Å². The number of amidine groups is 1. The molecule has 1 aliphatic carbocycles. The number of nitrogens with one attached hydrogen (secondary N) is 1. The molecule has 2 atom stereocenters. The molecule has 1 heterocycles. The van der Waals surface area contributed by atoms with Crippen molar-refractivity contribution < 1.29 is 18.7 Å². The van der Waals surface area contributed by atoms with E-state index < -0.39 is 11.7 Å². The average molecular weight is 387 g/mol. The van der Waals surface area contributed by atoms with Gasteiger partial charge in [0.15, 0.2) is 0 Å². The van der Waals surface area contributed by atoms with Gasteiger partial charge in [-0.25, -0.2) is 14.4 Å². The zero-order chi connectivity index (χ0) is 20.1. The molecule has 1 fully saturated rings. The van der Waals surface area contributed by atoms with E-state index in [0.717, 1.165) is 19.3 Å². The Morgan fingerprint density at radius 1 is 1.32 bits per heavy atom. The summed E-state index contributed by atoms with van der Waals surface area (Å²) in [5, 5.41) is 2.62. The number of carbonyl (C=O) groups excluding carboxylic acids is 1. The molecule has 28 heavy (non-hydrogen) atoms. The van der Waals surface area contributed by atoms with Crippen LogP contribution in [0.3, 0.4) is 0 Å². The van der Waals surface area contributed by atoms with Gasteiger partial charge in [-0.15, -0.1) is 0 Å². The van der Waals surface area contributed by atoms with Gasteiger partial charge in [-0.3, -0.25) is 4.79 Å². The van der Waals surface area contributed by atoms with E-state index in [4.69, 9.17) is 15.2 Å². The van der Waals surface area contributed by atoms with Crippen molar-refractivity contribution in [2.75, 3.05) is 12.4 Å². The van der Waals surface area contributed by atoms with E-state index in [9.17, 15) is 9.18 Å². The quantitative estimate of drug-likeness (QED) is 0.602. The number of benzene rings is 1. The van der Waals surface area contributed by atoms with Crippen LogP contribution >= 0.6 is 0 Å². The van der Waals surface area contributed by atoms with Crippen molar-refractivity contribution in [3.63, 3.8) is 0 Å². The summed E-state index contributed by atoms with van der Waals surface area (Å²) >= 11 is 0. The number of hydrogen-bond acceptors (Lipinski definition) is 6. The molecule has 0 spiro atoms. The first-order valence-electron chi connectivity index (χ1n) is 8.94. The SMILES string of the molecule is COc1cnc(C(=O)Nc2ccc(F)c(/N=C(/N)OC3CCC[C@@H]3C)c2)cn1. The number of aliphatic imine (C=N–C) groups is 1. The number of anilines is 1. The van der Waals surface area contributed by atoms with E-state index in [1.54, 1.807) is 0 Å². The Morgan fingerprint density at radius 3 is 2.79 bits per heavy atom. The predicted molar refractivity (Wildman–Crippen MR) is 102 cm³/mol. The first kappa shape index (κ1) is 19.5. The summed E-state index contributed by atoms with van der Waals surface area (Å²) in [6, 6.07) is 3.89. The Morgan fingerprint density at radius 2 is 2.14 bits per heavy atom. The number of halogens is 1. The molecule has 9 heteroatoms. The molecule has 1 unspecified atom stereocenters. The van der Waals surface area contributed by atoms with Crippen molar-refractivity contribution in [2.24, 2.45) is 16.6 Å². The van der Waals surface area contributed by atoms with Gasteiger partial charge in [0, 0.05) is 5.69 Å². The fourth-order valence-corrected chi connectivity index (χ4v) is 3.00. The van der Waals surface area contributed by atoms with Crippen molar-refractivity contribution in [1.29, 1.82) is 0 Å². The number of aromatic nitrogens is 2. The number of hydrogen-bond donors (Lipinski definition) is 2. The highest BCUT2D eigenvalue weighted by atomic mass is 19.1. The molecular formula is C19H22FN5O3. The summed E-state index contributed by atoms with van der Waals surface area (Å²) in [6.07, 6.45) is 5.65. The third-order valence-electron chi connectivity index (χ3n) is 4.56. The van der Waals surface area contributed by atoms with Crippen LogP contribution in [-0.4, -0.2) is 35.1 Å². The molecule has 1 aromatic carbocycles. The van der Waals surface area contributed by atoms with E-state index >= 15 is 0 Å². The molecule has 1 amide bonds. The summed E-state index contributed by atoms with van der Waals surface area (Å²) in [6.45, 7) is 2.09. The van der Waals surface area contributed by atoms with Crippen LogP contribution in [0.1, 0.15) is 36.7 Å². The van der Waals surface area contributed by atoms with E-state index in [1.165, 1.54) is 37.7 Å². The van der Waals surface area contributed by atoms with Gasteiger partial charge in [0.05, 0.1) is 19.5 Å². The largest absolute Gasteiger partial charge is 0.480 e. The number of rotatable bonds is 5. The van der Waals surface area contributed by atoms with Crippen LogP contribution in [0.2, 0.25) is 0 Å². The lowest BCUT2D eigenvalue weighted by atomic mass is 10.1. The Kier molecular flexibility index (Phi) is 6.03. The lowest BCUT2D eigenvalue weighted by Crippen LogP contribution is -2.25. The standard InChI is InChI=1S/C19H22FN5O3/c1-11-4-3-5-16(11)28-19(21)25-14-8-12(6-7-13(14)20)24-18(26)15-9-23-17(27-2)10-22-15/h6-11,16H,3-5H2,1-2H3,(H2,21,25)(H,24,26)/t11-,16?/m0/s1. The molecular weight excluding hydrogens is 365 g/mol. The number of nitrogens with zero attached hydrogens (tertiary/aromatic N) is 3. The van der Waals surface area contributed by atoms with Crippen LogP contribution in [-0.2, 0) is 4.74 Å². The van der Waals surface area contributed by atoms with Gasteiger partial charge in [-0.2, -0.15) is 4.99 Å². The Hall–Kier alpha value is -3.23. The molecule has 0 radical (unpaired) electrons. The fraction of sp³-hybridized carbons (Fsp3) is 0.368. The highest BCUT2D eigenvalue weighted by Gasteiger charge is 2.25. The first-order valence-corrected chi connectivity index (χ1v) is 8.94. The van der Waals surface area contributed by atoms with Gasteiger partial charge < -0.3 is 20.5 Å². The molecule has 3 N–H and O–H groups in total. The number of carbonyl (C=O) groups is 1. The third kappa shape index (κ3) is 4.73. The Labute approximate surface area is 162 Å². The van der Waals surface area contributed by atoms with Gasteiger partial charge in [0.25, 0.3) is 11.9 Å². The van der Waals surface area contributed by atoms with Gasteiger partial charge >= 0.3 is 0 Å². The lowest BCUT2D eigenvalue weighted by Gasteiger charge is -2.16. The maximum absolute atomic E-state index is 14.1. The van der Waals surface area contributed by atoms with Gasteiger partial charge in [0.2, 0.25) is 5.88 Å². The summed E-state index contributed by atoms with van der Waals surface area (Å²) < 4.78 is 24.6. The van der Waals surface area contributed by atoms with Crippen LogP contribution in [0.15, 0.2) is 35.6 Å². The highest BCUT2D eigenvalue weighted by molar-refractivity contribution is 6.02. The predicted octanol–water partition coefficient (Wildman–Crippen LogP) is 3.03. The molecule has 2 aromatic rings. The molecule has 0 aliphatic heterocycles. The molecule has 3 rings (SSSR count). The normalized spacial score (nSPS) is 19.3. The van der Waals surface area contributed by atoms with Crippen LogP contribution in [0.25, 0.3) is 0 Å². The Bertz CT molecular complexity index is 872. The second kappa shape index (κ2) is 8.64. The number of amides is 1. The van der Waals surface area contributed by atoms with Crippen molar-refractivity contribution in [2.45, 2.75) is 32.3 Å². The number of ether oxygens (including phenoxy) is 2. The number of nitrogens with two attached hydrogens (primary N) is 1. The second-order valence-electron chi connectivity index (χ2n) is 6.58. The van der Waals surface area contributed by atoms with Gasteiger partial charge in [-0.1, -0.05) is 6.92 Å². The monoisotopic (exact) mass is 387 g/mol. The van der Waals surface area contributed by atoms with Gasteiger partial charge in [-0.05, 0) is 43.4 Å². The highest BCUT2D eigenvalue weighted by Crippen LogP contribution is 2.28. The molecule has 148 valence electrons. The van der Waals surface area contributed by atoms with Crippen LogP contribution < -0.4 is 15.8 Å². The molecule has 1 aromatic heterocycles. The molecule has 8 nitrogen and oxygen atoms in total. The van der Waals surface area contributed by atoms with E-state index in [0.29, 0.717) is 17.5 Å². The molecule has 0 bridgehead atoms. The van der Waals surface area contributed by atoms with Crippen molar-refractivity contribution in [3.8, 4) is 5.88 Å². The van der Waals surface area contributed by atoms with Crippen molar-refractivity contribution in [1.82, 2.24) is 9.97 Å². The lowest BCUT2D eigenvalue weighted by molar-refractivity contribution is 0.102. The van der Waals surface area contributed by atoms with Crippen LogP contribution in [0.5, 0.6) is 5.88 Å². The molecule has 1 aliphatic rings. The van der Waals surface area contributed by atoms with E-state index in [-0.39, 0.29) is 23.5 Å². The third-order valence-corrected chi connectivity index (χ3v) is 4.56. The van der Waals surface area contributed by atoms with Crippen molar-refractivity contribution in [3.05, 3.63) is 42.1 Å². The second-order valence-corrected chi connectivity index (χ2v) is 6.58. The van der Waals surface area contributed by atoms with E-state index in [1.807, 2.05) is 0 Å². The van der Waals surface area contributed by atoms with Crippen LogP contribution in [0.4, 0.5) is 15.8 Å². The molecule has 0 saturated heterocycles. The maximum Gasteiger partial charge on any atom is 0.287 e. The zero-order valence-corrected chi connectivity index (χ0v) is 15.7. The summed E-state index contributed by atoms with van der Waals surface area (Å²) in [7, 11) is 1.45. The average Bonchev–Trinajstić information content (AvgIpc) is 3.09.